The third kappa shape index (κ3) is 2.06. The number of hydrogen-bond donors (Lipinski definition) is 0. The molecule has 3 aromatic heterocycles. The van der Waals surface area contributed by atoms with E-state index in [1.807, 2.05) is 28.3 Å². The molecule has 0 saturated carbocycles. The van der Waals surface area contributed by atoms with Crippen LogP contribution in [0.25, 0.3) is 10.8 Å². The maximum absolute atomic E-state index is 5.25. The molecule has 0 aliphatic rings. The molecule has 3 heterocycles. The third-order valence-corrected chi connectivity index (χ3v) is 3.49. The van der Waals surface area contributed by atoms with Gasteiger partial charge in [0.2, 0.25) is 0 Å². The fraction of sp³-hybridized carbons (Fsp3) is 0.250. The van der Waals surface area contributed by atoms with Crippen LogP contribution in [0.3, 0.4) is 0 Å². The summed E-state index contributed by atoms with van der Waals surface area (Å²) in [6, 6.07) is 3.94. The molecule has 92 valence electrons. The van der Waals surface area contributed by atoms with Gasteiger partial charge in [0.15, 0.2) is 5.82 Å². The van der Waals surface area contributed by atoms with Gasteiger partial charge in [-0.15, -0.1) is 11.3 Å². The number of aromatic nitrogens is 4. The van der Waals surface area contributed by atoms with Crippen molar-refractivity contribution in [2.45, 2.75) is 19.9 Å². The Morgan fingerprint density at radius 1 is 1.44 bits per heavy atom. The summed E-state index contributed by atoms with van der Waals surface area (Å²) in [5.74, 6) is 2.28. The first kappa shape index (κ1) is 11.2. The zero-order valence-corrected chi connectivity index (χ0v) is 10.7. The molecule has 0 N–H and O–H groups in total. The molecule has 0 spiro atoms. The van der Waals surface area contributed by atoms with Gasteiger partial charge in [0.1, 0.15) is 5.82 Å². The predicted molar refractivity (Wildman–Crippen MR) is 68.3 cm³/mol. The van der Waals surface area contributed by atoms with Gasteiger partial charge in [0.25, 0.3) is 5.89 Å². The van der Waals surface area contributed by atoms with E-state index in [0.717, 1.165) is 17.1 Å². The molecule has 5 nitrogen and oxygen atoms in total. The van der Waals surface area contributed by atoms with Crippen LogP contribution in [0, 0.1) is 0 Å². The highest BCUT2D eigenvalue weighted by Gasteiger charge is 2.10. The Morgan fingerprint density at radius 3 is 3.17 bits per heavy atom. The maximum atomic E-state index is 5.25. The highest BCUT2D eigenvalue weighted by Crippen LogP contribution is 2.22. The minimum atomic E-state index is 0.582. The molecule has 18 heavy (non-hydrogen) atoms. The molecular formula is C12H12N4OS. The van der Waals surface area contributed by atoms with Crippen molar-refractivity contribution >= 4 is 11.3 Å². The van der Waals surface area contributed by atoms with Crippen LogP contribution in [0.4, 0.5) is 0 Å². The SMILES string of the molecule is CCc1nccn1Cc1noc(-c2cccs2)n1. The zero-order chi connectivity index (χ0) is 12.4. The van der Waals surface area contributed by atoms with E-state index in [4.69, 9.17) is 4.52 Å². The van der Waals surface area contributed by atoms with Gasteiger partial charge < -0.3 is 9.09 Å². The molecular weight excluding hydrogens is 248 g/mol. The lowest BCUT2D eigenvalue weighted by Gasteiger charge is -2.01. The average molecular weight is 260 g/mol. The lowest BCUT2D eigenvalue weighted by Crippen LogP contribution is -2.04. The molecule has 0 aliphatic carbocycles. The van der Waals surface area contributed by atoms with Crippen LogP contribution in [-0.4, -0.2) is 19.7 Å². The van der Waals surface area contributed by atoms with Gasteiger partial charge in [-0.3, -0.25) is 0 Å². The summed E-state index contributed by atoms with van der Waals surface area (Å²) in [5, 5.41) is 5.98. The lowest BCUT2D eigenvalue weighted by molar-refractivity contribution is 0.421. The summed E-state index contributed by atoms with van der Waals surface area (Å²) < 4.78 is 7.28. The molecule has 3 aromatic rings. The molecule has 0 bridgehead atoms. The van der Waals surface area contributed by atoms with Crippen molar-refractivity contribution in [2.75, 3.05) is 0 Å². The number of thiophene rings is 1. The number of rotatable bonds is 4. The van der Waals surface area contributed by atoms with Crippen molar-refractivity contribution in [1.29, 1.82) is 0 Å². The Bertz CT molecular complexity index is 626. The first-order valence-corrected chi connectivity index (χ1v) is 6.61. The van der Waals surface area contributed by atoms with Crippen LogP contribution in [-0.2, 0) is 13.0 Å². The van der Waals surface area contributed by atoms with Gasteiger partial charge in [0, 0.05) is 18.8 Å². The molecule has 0 amide bonds. The van der Waals surface area contributed by atoms with Crippen LogP contribution in [0.1, 0.15) is 18.6 Å². The first-order chi connectivity index (χ1) is 8.86. The smallest absolute Gasteiger partial charge is 0.268 e. The molecule has 0 aromatic carbocycles. The van der Waals surface area contributed by atoms with Gasteiger partial charge in [-0.25, -0.2) is 4.98 Å². The summed E-state index contributed by atoms with van der Waals surface area (Å²) in [5.41, 5.74) is 0. The van der Waals surface area contributed by atoms with Crippen molar-refractivity contribution in [1.82, 2.24) is 19.7 Å². The van der Waals surface area contributed by atoms with Crippen LogP contribution in [0.2, 0.25) is 0 Å². The highest BCUT2D eigenvalue weighted by atomic mass is 32.1. The normalized spacial score (nSPS) is 10.9. The molecule has 0 fully saturated rings. The summed E-state index contributed by atoms with van der Waals surface area (Å²) in [7, 11) is 0. The standard InChI is InChI=1S/C12H12N4OS/c1-2-11-13-5-6-16(11)8-10-14-12(17-15-10)9-4-3-7-18-9/h3-7H,2,8H2,1H3. The second kappa shape index (κ2) is 4.73. The van der Waals surface area contributed by atoms with Crippen LogP contribution in [0.5, 0.6) is 0 Å². The molecule has 0 atom stereocenters. The molecule has 0 radical (unpaired) electrons. The second-order valence-electron chi connectivity index (χ2n) is 3.82. The fourth-order valence-corrected chi connectivity index (χ4v) is 2.41. The molecule has 3 rings (SSSR count). The third-order valence-electron chi connectivity index (χ3n) is 2.63. The second-order valence-corrected chi connectivity index (χ2v) is 4.77. The van der Waals surface area contributed by atoms with Crippen LogP contribution in [0.15, 0.2) is 34.4 Å². The largest absolute Gasteiger partial charge is 0.333 e. The number of hydrogen-bond acceptors (Lipinski definition) is 5. The summed E-state index contributed by atoms with van der Waals surface area (Å²) in [4.78, 5) is 9.65. The lowest BCUT2D eigenvalue weighted by atomic mass is 10.4. The van der Waals surface area contributed by atoms with Crippen molar-refractivity contribution in [3.63, 3.8) is 0 Å². The Labute approximate surface area is 108 Å². The average Bonchev–Trinajstić information content (AvgIpc) is 3.10. The summed E-state index contributed by atoms with van der Waals surface area (Å²) >= 11 is 1.59. The van der Waals surface area contributed by atoms with E-state index in [9.17, 15) is 0 Å². The van der Waals surface area contributed by atoms with Crippen molar-refractivity contribution in [3.05, 3.63) is 41.6 Å². The summed E-state index contributed by atoms with van der Waals surface area (Å²) in [6.07, 6.45) is 4.61. The van der Waals surface area contributed by atoms with E-state index >= 15 is 0 Å². The monoisotopic (exact) mass is 260 g/mol. The van der Waals surface area contributed by atoms with Gasteiger partial charge in [0.05, 0.1) is 11.4 Å². The van der Waals surface area contributed by atoms with Crippen LogP contribution >= 0.6 is 11.3 Å². The highest BCUT2D eigenvalue weighted by molar-refractivity contribution is 7.13. The van der Waals surface area contributed by atoms with Gasteiger partial charge in [-0.2, -0.15) is 4.98 Å². The Balaban J connectivity index is 1.82. The van der Waals surface area contributed by atoms with Crippen LogP contribution < -0.4 is 0 Å². The maximum Gasteiger partial charge on any atom is 0.268 e. The van der Waals surface area contributed by atoms with Crippen molar-refractivity contribution in [2.24, 2.45) is 0 Å². The van der Waals surface area contributed by atoms with Crippen molar-refractivity contribution in [3.8, 4) is 10.8 Å². The Kier molecular flexibility index (Phi) is 2.93. The van der Waals surface area contributed by atoms with E-state index in [0.29, 0.717) is 18.3 Å². The zero-order valence-electron chi connectivity index (χ0n) is 9.91. The van der Waals surface area contributed by atoms with E-state index in [2.05, 4.69) is 22.0 Å². The minimum absolute atomic E-state index is 0.582. The fourth-order valence-electron chi connectivity index (χ4n) is 1.77. The van der Waals surface area contributed by atoms with Gasteiger partial charge in [-0.05, 0) is 11.4 Å². The molecule has 6 heteroatoms. The van der Waals surface area contributed by atoms with E-state index < -0.39 is 0 Å². The molecule has 0 saturated heterocycles. The number of nitrogens with zero attached hydrogens (tertiary/aromatic N) is 4. The Hall–Kier alpha value is -1.95. The molecule has 0 aliphatic heterocycles. The Morgan fingerprint density at radius 2 is 2.39 bits per heavy atom. The first-order valence-electron chi connectivity index (χ1n) is 5.73. The van der Waals surface area contributed by atoms with Gasteiger partial charge >= 0.3 is 0 Å². The quantitative estimate of drug-likeness (QED) is 0.723. The van der Waals surface area contributed by atoms with E-state index in [1.165, 1.54) is 0 Å². The van der Waals surface area contributed by atoms with E-state index in [-0.39, 0.29) is 0 Å². The number of aryl methyl sites for hydroxylation is 1. The molecule has 0 unspecified atom stereocenters. The van der Waals surface area contributed by atoms with Crippen molar-refractivity contribution < 1.29 is 4.52 Å². The predicted octanol–water partition coefficient (Wildman–Crippen LogP) is 2.61. The summed E-state index contributed by atoms with van der Waals surface area (Å²) in [6.45, 7) is 2.67. The van der Waals surface area contributed by atoms with E-state index in [1.54, 1.807) is 17.5 Å². The number of imidazole rings is 1. The van der Waals surface area contributed by atoms with Gasteiger partial charge in [-0.1, -0.05) is 18.1 Å². The minimum Gasteiger partial charge on any atom is -0.333 e. The topological polar surface area (TPSA) is 56.7 Å².